The third kappa shape index (κ3) is 5.44. The standard InChI is InChI=1S/C15H23BrN2O4S2/c1-15(2,3)22-14(19)17-9-11-5-4-8-18(10-11)24(20,21)13-7-6-12(16)23-13/h6-7,11H,4-5,8-10H2,1-3H3,(H,17,19)/t11-/m1/s1. The molecule has 1 aliphatic rings. The fraction of sp³-hybridized carbons (Fsp3) is 0.667. The van der Waals surface area contributed by atoms with Crippen LogP contribution in [0.3, 0.4) is 0 Å². The Balaban J connectivity index is 1.93. The van der Waals surface area contributed by atoms with Gasteiger partial charge < -0.3 is 10.1 Å². The molecule has 136 valence electrons. The number of sulfonamides is 1. The smallest absolute Gasteiger partial charge is 0.407 e. The molecule has 1 atom stereocenters. The highest BCUT2D eigenvalue weighted by atomic mass is 79.9. The van der Waals surface area contributed by atoms with Crippen molar-refractivity contribution in [2.45, 2.75) is 43.4 Å². The summed E-state index contributed by atoms with van der Waals surface area (Å²) in [5.41, 5.74) is -0.543. The van der Waals surface area contributed by atoms with Crippen molar-refractivity contribution in [2.24, 2.45) is 5.92 Å². The van der Waals surface area contributed by atoms with Crippen LogP contribution in [0, 0.1) is 5.92 Å². The van der Waals surface area contributed by atoms with Crippen LogP contribution in [0.2, 0.25) is 0 Å². The third-order valence-corrected chi connectivity index (χ3v) is 7.51. The van der Waals surface area contributed by atoms with Crippen LogP contribution < -0.4 is 5.32 Å². The number of hydrogen-bond acceptors (Lipinski definition) is 5. The molecular formula is C15H23BrN2O4S2. The highest BCUT2D eigenvalue weighted by molar-refractivity contribution is 9.11. The molecule has 1 aliphatic heterocycles. The molecule has 2 rings (SSSR count). The zero-order valence-electron chi connectivity index (χ0n) is 14.0. The molecule has 1 amide bonds. The predicted molar refractivity (Wildman–Crippen MR) is 97.7 cm³/mol. The first-order valence-corrected chi connectivity index (χ1v) is 10.9. The van der Waals surface area contributed by atoms with Gasteiger partial charge in [0.15, 0.2) is 0 Å². The van der Waals surface area contributed by atoms with Gasteiger partial charge >= 0.3 is 6.09 Å². The number of nitrogens with one attached hydrogen (secondary N) is 1. The van der Waals surface area contributed by atoms with Gasteiger partial charge in [-0.25, -0.2) is 13.2 Å². The molecule has 6 nitrogen and oxygen atoms in total. The molecule has 0 aromatic carbocycles. The molecule has 1 N–H and O–H groups in total. The zero-order valence-corrected chi connectivity index (χ0v) is 17.3. The molecule has 0 unspecified atom stereocenters. The molecule has 1 aromatic rings. The topological polar surface area (TPSA) is 75.7 Å². The van der Waals surface area contributed by atoms with E-state index in [1.54, 1.807) is 32.9 Å². The van der Waals surface area contributed by atoms with Gasteiger partial charge in [0.1, 0.15) is 9.81 Å². The van der Waals surface area contributed by atoms with Gasteiger partial charge in [-0.3, -0.25) is 0 Å². The second kappa shape index (κ2) is 7.72. The van der Waals surface area contributed by atoms with Crippen molar-refractivity contribution in [3.8, 4) is 0 Å². The Morgan fingerprint density at radius 1 is 1.46 bits per heavy atom. The summed E-state index contributed by atoms with van der Waals surface area (Å²) in [5, 5.41) is 2.74. The van der Waals surface area contributed by atoms with Gasteiger partial charge in [0.05, 0.1) is 3.79 Å². The number of halogens is 1. The summed E-state index contributed by atoms with van der Waals surface area (Å²) in [6.45, 7) is 6.76. The maximum Gasteiger partial charge on any atom is 0.407 e. The van der Waals surface area contributed by atoms with Gasteiger partial charge in [0, 0.05) is 19.6 Å². The first-order valence-electron chi connectivity index (χ1n) is 7.80. The average Bonchev–Trinajstić information content (AvgIpc) is 2.91. The number of ether oxygens (including phenoxy) is 1. The minimum Gasteiger partial charge on any atom is -0.444 e. The second-order valence-electron chi connectivity index (χ2n) is 6.81. The summed E-state index contributed by atoms with van der Waals surface area (Å²) in [6, 6.07) is 3.36. The molecule has 0 aliphatic carbocycles. The van der Waals surface area contributed by atoms with Crippen molar-refractivity contribution in [2.75, 3.05) is 19.6 Å². The van der Waals surface area contributed by atoms with Crippen LogP contribution in [0.5, 0.6) is 0 Å². The van der Waals surface area contributed by atoms with Crippen molar-refractivity contribution in [1.82, 2.24) is 9.62 Å². The van der Waals surface area contributed by atoms with Crippen molar-refractivity contribution in [3.05, 3.63) is 15.9 Å². The second-order valence-corrected chi connectivity index (χ2v) is 11.4. The van der Waals surface area contributed by atoms with E-state index in [0.29, 0.717) is 23.8 Å². The monoisotopic (exact) mass is 438 g/mol. The number of amides is 1. The Kier molecular flexibility index (Phi) is 6.33. The molecular weight excluding hydrogens is 416 g/mol. The Hall–Kier alpha value is -0.640. The molecule has 1 saturated heterocycles. The van der Waals surface area contributed by atoms with E-state index in [-0.39, 0.29) is 5.92 Å². The Labute approximate surface area is 155 Å². The maximum absolute atomic E-state index is 12.7. The summed E-state index contributed by atoms with van der Waals surface area (Å²) in [7, 11) is -3.46. The molecule has 2 heterocycles. The van der Waals surface area contributed by atoms with Crippen LogP contribution in [-0.2, 0) is 14.8 Å². The predicted octanol–water partition coefficient (Wildman–Crippen LogP) is 3.44. The molecule has 0 radical (unpaired) electrons. The van der Waals surface area contributed by atoms with Crippen LogP contribution in [-0.4, -0.2) is 44.1 Å². The summed E-state index contributed by atoms with van der Waals surface area (Å²) in [6.07, 6.45) is 1.20. The van der Waals surface area contributed by atoms with Gasteiger partial charge in [0.2, 0.25) is 0 Å². The van der Waals surface area contributed by atoms with Gasteiger partial charge in [0.25, 0.3) is 10.0 Å². The number of nitrogens with zero attached hydrogens (tertiary/aromatic N) is 1. The highest BCUT2D eigenvalue weighted by Crippen LogP contribution is 2.30. The van der Waals surface area contributed by atoms with E-state index in [1.165, 1.54) is 15.6 Å². The van der Waals surface area contributed by atoms with Crippen molar-refractivity contribution < 1.29 is 17.9 Å². The lowest BCUT2D eigenvalue weighted by Crippen LogP contribution is -2.44. The van der Waals surface area contributed by atoms with E-state index in [2.05, 4.69) is 21.2 Å². The minimum atomic E-state index is -3.46. The summed E-state index contributed by atoms with van der Waals surface area (Å²) in [5.74, 6) is 0.0875. The first kappa shape index (κ1) is 19.7. The Morgan fingerprint density at radius 2 is 2.17 bits per heavy atom. The van der Waals surface area contributed by atoms with Gasteiger partial charge in [-0.2, -0.15) is 4.31 Å². The zero-order chi connectivity index (χ0) is 18.0. The Bertz CT molecular complexity index is 682. The fourth-order valence-corrected chi connectivity index (χ4v) is 6.24. The number of piperidine rings is 1. The van der Waals surface area contributed by atoms with Gasteiger partial charge in [-0.05, 0) is 67.6 Å². The van der Waals surface area contributed by atoms with E-state index >= 15 is 0 Å². The van der Waals surface area contributed by atoms with Crippen LogP contribution in [0.15, 0.2) is 20.1 Å². The van der Waals surface area contributed by atoms with E-state index in [1.807, 2.05) is 0 Å². The summed E-state index contributed by atoms with van der Waals surface area (Å²) < 4.78 is 33.2. The largest absolute Gasteiger partial charge is 0.444 e. The molecule has 1 fully saturated rings. The summed E-state index contributed by atoms with van der Waals surface area (Å²) >= 11 is 4.51. The molecule has 24 heavy (non-hydrogen) atoms. The van der Waals surface area contributed by atoms with Gasteiger partial charge in [-0.15, -0.1) is 11.3 Å². The number of carbonyl (C=O) groups excluding carboxylic acids is 1. The lowest BCUT2D eigenvalue weighted by molar-refractivity contribution is 0.0513. The van der Waals surface area contributed by atoms with E-state index in [0.717, 1.165) is 16.6 Å². The highest BCUT2D eigenvalue weighted by Gasteiger charge is 2.31. The normalized spacial score (nSPS) is 19.9. The quantitative estimate of drug-likeness (QED) is 0.780. The van der Waals surface area contributed by atoms with Crippen molar-refractivity contribution >= 4 is 43.4 Å². The molecule has 0 saturated carbocycles. The third-order valence-electron chi connectivity index (χ3n) is 3.56. The van der Waals surface area contributed by atoms with Crippen LogP contribution in [0.25, 0.3) is 0 Å². The lowest BCUT2D eigenvalue weighted by atomic mass is 10.00. The number of rotatable bonds is 4. The van der Waals surface area contributed by atoms with Crippen LogP contribution >= 0.6 is 27.3 Å². The van der Waals surface area contributed by atoms with E-state index in [9.17, 15) is 13.2 Å². The fourth-order valence-electron chi connectivity index (χ4n) is 2.52. The molecule has 9 heteroatoms. The maximum atomic E-state index is 12.7. The van der Waals surface area contributed by atoms with Crippen molar-refractivity contribution in [3.63, 3.8) is 0 Å². The van der Waals surface area contributed by atoms with E-state index < -0.39 is 21.7 Å². The van der Waals surface area contributed by atoms with E-state index in [4.69, 9.17) is 4.74 Å². The van der Waals surface area contributed by atoms with Gasteiger partial charge in [-0.1, -0.05) is 0 Å². The minimum absolute atomic E-state index is 0.0875. The first-order chi connectivity index (χ1) is 11.1. The summed E-state index contributed by atoms with van der Waals surface area (Å²) in [4.78, 5) is 11.7. The number of alkyl carbamates (subject to hydrolysis) is 1. The molecule has 0 spiro atoms. The average molecular weight is 439 g/mol. The number of thiophene rings is 1. The SMILES string of the molecule is CC(C)(C)OC(=O)NC[C@H]1CCCN(S(=O)(=O)c2ccc(Br)s2)C1. The number of carbonyl (C=O) groups is 1. The Morgan fingerprint density at radius 3 is 2.75 bits per heavy atom. The molecule has 0 bridgehead atoms. The van der Waals surface area contributed by atoms with Crippen LogP contribution in [0.1, 0.15) is 33.6 Å². The van der Waals surface area contributed by atoms with Crippen molar-refractivity contribution in [1.29, 1.82) is 0 Å². The lowest BCUT2D eigenvalue weighted by Gasteiger charge is -2.31. The number of hydrogen-bond donors (Lipinski definition) is 1. The van der Waals surface area contributed by atoms with Crippen LogP contribution in [0.4, 0.5) is 4.79 Å². The molecule has 1 aromatic heterocycles.